The molecule has 1 amide bonds. The standard InChI is InChI=1S/C23H22N4O2/c24-11-16-3-7-18(8-4-16)17-5-1-15(2-6-17)9-20(12-25)26-23(28)21-10-19-13-29-14-22(19)27-21/h1-8,19-22,27H,9-10,13-14H2,(H,26,28)/t19-,20+,21+,22+/m1/s1. The lowest BCUT2D eigenvalue weighted by Crippen LogP contribution is -2.47. The zero-order valence-corrected chi connectivity index (χ0v) is 16.0. The second-order valence-electron chi connectivity index (χ2n) is 7.64. The number of amides is 1. The highest BCUT2D eigenvalue weighted by Crippen LogP contribution is 2.26. The lowest BCUT2D eigenvalue weighted by Gasteiger charge is -2.17. The van der Waals surface area contributed by atoms with Crippen LogP contribution in [0.5, 0.6) is 0 Å². The van der Waals surface area contributed by atoms with E-state index in [1.807, 2.05) is 36.4 Å². The average molecular weight is 386 g/mol. The fourth-order valence-corrected chi connectivity index (χ4v) is 4.03. The molecule has 6 nitrogen and oxygen atoms in total. The molecule has 2 aliphatic heterocycles. The highest BCUT2D eigenvalue weighted by atomic mass is 16.5. The van der Waals surface area contributed by atoms with Crippen molar-refractivity contribution >= 4 is 5.91 Å². The SMILES string of the molecule is N#Cc1ccc(-c2ccc(C[C@@H](C#N)NC(=O)[C@@H]3C[C@@H]4COC[C@@H]4N3)cc2)cc1. The number of carbonyl (C=O) groups is 1. The lowest BCUT2D eigenvalue weighted by molar-refractivity contribution is -0.123. The molecule has 2 saturated heterocycles. The van der Waals surface area contributed by atoms with Crippen LogP contribution in [0.25, 0.3) is 11.1 Å². The van der Waals surface area contributed by atoms with E-state index in [-0.39, 0.29) is 18.0 Å². The minimum absolute atomic E-state index is 0.111. The Morgan fingerprint density at radius 2 is 1.79 bits per heavy atom. The van der Waals surface area contributed by atoms with Crippen molar-refractivity contribution in [3.05, 3.63) is 59.7 Å². The van der Waals surface area contributed by atoms with E-state index in [4.69, 9.17) is 10.00 Å². The van der Waals surface area contributed by atoms with E-state index in [0.717, 1.165) is 23.1 Å². The van der Waals surface area contributed by atoms with Gasteiger partial charge < -0.3 is 15.4 Å². The van der Waals surface area contributed by atoms with Gasteiger partial charge >= 0.3 is 0 Å². The van der Waals surface area contributed by atoms with E-state index in [1.54, 1.807) is 12.1 Å². The van der Waals surface area contributed by atoms with Gasteiger partial charge in [0, 0.05) is 18.4 Å². The van der Waals surface area contributed by atoms with Crippen LogP contribution in [0.15, 0.2) is 48.5 Å². The molecule has 2 fully saturated rings. The highest BCUT2D eigenvalue weighted by Gasteiger charge is 2.40. The summed E-state index contributed by atoms with van der Waals surface area (Å²) in [5.74, 6) is 0.279. The van der Waals surface area contributed by atoms with Gasteiger partial charge in [0.15, 0.2) is 0 Å². The Bertz CT molecular complexity index is 944. The van der Waals surface area contributed by atoms with Gasteiger partial charge in [-0.15, -0.1) is 0 Å². The number of nitrogens with one attached hydrogen (secondary N) is 2. The molecule has 0 bridgehead atoms. The van der Waals surface area contributed by atoms with Crippen LogP contribution in [0.1, 0.15) is 17.5 Å². The van der Waals surface area contributed by atoms with E-state index in [2.05, 4.69) is 22.8 Å². The van der Waals surface area contributed by atoms with Crippen LogP contribution < -0.4 is 10.6 Å². The molecule has 0 unspecified atom stereocenters. The maximum absolute atomic E-state index is 12.5. The van der Waals surface area contributed by atoms with Crippen LogP contribution in [0, 0.1) is 28.6 Å². The smallest absolute Gasteiger partial charge is 0.238 e. The molecule has 2 N–H and O–H groups in total. The number of carbonyl (C=O) groups excluding carboxylic acids is 1. The third-order valence-electron chi connectivity index (χ3n) is 5.68. The largest absolute Gasteiger partial charge is 0.379 e. The second kappa shape index (κ2) is 8.45. The van der Waals surface area contributed by atoms with Gasteiger partial charge in [-0.05, 0) is 35.2 Å². The third kappa shape index (κ3) is 4.30. The maximum atomic E-state index is 12.5. The number of nitriles is 2. The van der Waals surface area contributed by atoms with E-state index < -0.39 is 6.04 Å². The van der Waals surface area contributed by atoms with Gasteiger partial charge in [-0.1, -0.05) is 36.4 Å². The Hall–Kier alpha value is -3.19. The van der Waals surface area contributed by atoms with Crippen molar-refractivity contribution < 1.29 is 9.53 Å². The normalized spacial score (nSPS) is 23.6. The summed E-state index contributed by atoms with van der Waals surface area (Å²) in [6, 6.07) is 19.1. The molecule has 0 aliphatic carbocycles. The Balaban J connectivity index is 1.35. The molecule has 2 aromatic carbocycles. The summed E-state index contributed by atoms with van der Waals surface area (Å²) in [6.07, 6.45) is 1.21. The molecule has 29 heavy (non-hydrogen) atoms. The zero-order chi connectivity index (χ0) is 20.2. The van der Waals surface area contributed by atoms with E-state index >= 15 is 0 Å². The van der Waals surface area contributed by atoms with Crippen molar-refractivity contribution in [1.82, 2.24) is 10.6 Å². The zero-order valence-electron chi connectivity index (χ0n) is 16.0. The van der Waals surface area contributed by atoms with Crippen molar-refractivity contribution in [1.29, 1.82) is 10.5 Å². The summed E-state index contributed by atoms with van der Waals surface area (Å²) >= 11 is 0. The van der Waals surface area contributed by atoms with Crippen LogP contribution in [0.3, 0.4) is 0 Å². The third-order valence-corrected chi connectivity index (χ3v) is 5.68. The van der Waals surface area contributed by atoms with Crippen LogP contribution in [0.4, 0.5) is 0 Å². The summed E-state index contributed by atoms with van der Waals surface area (Å²) in [5, 5.41) is 24.6. The maximum Gasteiger partial charge on any atom is 0.238 e. The minimum Gasteiger partial charge on any atom is -0.379 e. The molecular formula is C23H22N4O2. The average Bonchev–Trinajstić information content (AvgIpc) is 3.36. The fourth-order valence-electron chi connectivity index (χ4n) is 4.03. The first-order valence-corrected chi connectivity index (χ1v) is 9.79. The molecule has 0 saturated carbocycles. The molecule has 6 heteroatoms. The van der Waals surface area contributed by atoms with Gasteiger partial charge in [0.2, 0.25) is 5.91 Å². The van der Waals surface area contributed by atoms with Crippen LogP contribution in [-0.4, -0.2) is 37.2 Å². The summed E-state index contributed by atoms with van der Waals surface area (Å²) in [6.45, 7) is 1.36. The molecule has 2 aromatic rings. The van der Waals surface area contributed by atoms with Crippen molar-refractivity contribution in [3.8, 4) is 23.3 Å². The number of hydrogen-bond donors (Lipinski definition) is 2. The molecular weight excluding hydrogens is 364 g/mol. The van der Waals surface area contributed by atoms with Crippen LogP contribution in [0.2, 0.25) is 0 Å². The molecule has 0 radical (unpaired) electrons. The number of nitrogens with zero attached hydrogens (tertiary/aromatic N) is 2. The summed E-state index contributed by atoms with van der Waals surface area (Å²) in [4.78, 5) is 12.5. The van der Waals surface area contributed by atoms with E-state index in [1.165, 1.54) is 0 Å². The Morgan fingerprint density at radius 1 is 1.10 bits per heavy atom. The first kappa shape index (κ1) is 19.1. The lowest BCUT2D eigenvalue weighted by atomic mass is 10.00. The number of benzene rings is 2. The summed E-state index contributed by atoms with van der Waals surface area (Å²) in [7, 11) is 0. The second-order valence-corrected chi connectivity index (χ2v) is 7.64. The van der Waals surface area contributed by atoms with E-state index in [9.17, 15) is 10.1 Å². The fraction of sp³-hybridized carbons (Fsp3) is 0.348. The predicted octanol–water partition coefficient (Wildman–Crippen LogP) is 2.15. The van der Waals surface area contributed by atoms with Crippen LogP contribution >= 0.6 is 0 Å². The van der Waals surface area contributed by atoms with Gasteiger partial charge in [0.1, 0.15) is 6.04 Å². The molecule has 146 valence electrons. The highest BCUT2D eigenvalue weighted by molar-refractivity contribution is 5.82. The molecule has 4 rings (SSSR count). The van der Waals surface area contributed by atoms with Gasteiger partial charge in [0.25, 0.3) is 0 Å². The first-order chi connectivity index (χ1) is 14.2. The quantitative estimate of drug-likeness (QED) is 0.821. The van der Waals surface area contributed by atoms with Crippen molar-refractivity contribution in [2.45, 2.75) is 31.0 Å². The minimum atomic E-state index is -0.568. The van der Waals surface area contributed by atoms with Gasteiger partial charge in [0.05, 0.1) is 37.0 Å². The molecule has 4 atom stereocenters. The predicted molar refractivity (Wildman–Crippen MR) is 107 cm³/mol. The van der Waals surface area contributed by atoms with Crippen molar-refractivity contribution in [2.75, 3.05) is 13.2 Å². The molecule has 0 aromatic heterocycles. The van der Waals surface area contributed by atoms with Gasteiger partial charge in [-0.2, -0.15) is 10.5 Å². The Labute approximate surface area is 170 Å². The van der Waals surface area contributed by atoms with Gasteiger partial charge in [-0.3, -0.25) is 4.79 Å². The van der Waals surface area contributed by atoms with Gasteiger partial charge in [-0.25, -0.2) is 0 Å². The first-order valence-electron chi connectivity index (χ1n) is 9.79. The summed E-state index contributed by atoms with van der Waals surface area (Å²) < 4.78 is 5.41. The number of fused-ring (bicyclic) bond motifs is 1. The number of hydrogen-bond acceptors (Lipinski definition) is 5. The summed E-state index contributed by atoms with van der Waals surface area (Å²) in [5.41, 5.74) is 3.69. The van der Waals surface area contributed by atoms with Crippen molar-refractivity contribution in [3.63, 3.8) is 0 Å². The number of rotatable bonds is 5. The molecule has 2 heterocycles. The van der Waals surface area contributed by atoms with Crippen LogP contribution in [-0.2, 0) is 16.0 Å². The molecule has 0 spiro atoms. The number of ether oxygens (including phenoxy) is 1. The van der Waals surface area contributed by atoms with Crippen molar-refractivity contribution in [2.24, 2.45) is 5.92 Å². The monoisotopic (exact) mass is 386 g/mol. The Morgan fingerprint density at radius 3 is 2.41 bits per heavy atom. The topological polar surface area (TPSA) is 97.9 Å². The molecule has 2 aliphatic rings. The van der Waals surface area contributed by atoms with E-state index in [0.29, 0.717) is 31.1 Å². The Kier molecular flexibility index (Phi) is 5.57.